The van der Waals surface area contributed by atoms with Crippen LogP contribution in [-0.4, -0.2) is 26.2 Å². The van der Waals surface area contributed by atoms with Gasteiger partial charge in [-0.15, -0.1) is 0 Å². The highest BCUT2D eigenvalue weighted by molar-refractivity contribution is 5.92. The minimum Gasteiger partial charge on any atom is -0.339 e. The molecule has 2 aromatic heterocycles. The van der Waals surface area contributed by atoms with Gasteiger partial charge < -0.3 is 9.84 Å². The second-order valence-corrected chi connectivity index (χ2v) is 5.51. The van der Waals surface area contributed by atoms with Gasteiger partial charge in [0.1, 0.15) is 11.7 Å². The van der Waals surface area contributed by atoms with E-state index in [1.807, 2.05) is 13.8 Å². The molecular formula is C13H16F3N5O2. The van der Waals surface area contributed by atoms with Crippen molar-refractivity contribution in [1.82, 2.24) is 25.7 Å². The second-order valence-electron chi connectivity index (χ2n) is 5.51. The number of rotatable bonds is 5. The zero-order chi connectivity index (χ0) is 17.2. The van der Waals surface area contributed by atoms with Crippen molar-refractivity contribution in [3.8, 4) is 0 Å². The molecule has 23 heavy (non-hydrogen) atoms. The molecular weight excluding hydrogens is 315 g/mol. The van der Waals surface area contributed by atoms with Crippen LogP contribution in [-0.2, 0) is 12.6 Å². The van der Waals surface area contributed by atoms with Crippen LogP contribution in [0.5, 0.6) is 0 Å². The lowest BCUT2D eigenvalue weighted by Crippen LogP contribution is -2.27. The summed E-state index contributed by atoms with van der Waals surface area (Å²) in [7, 11) is 0. The second kappa shape index (κ2) is 6.39. The molecule has 0 aliphatic carbocycles. The van der Waals surface area contributed by atoms with Gasteiger partial charge in [-0.05, 0) is 12.8 Å². The van der Waals surface area contributed by atoms with Crippen LogP contribution in [0.4, 0.5) is 13.2 Å². The molecule has 0 aromatic carbocycles. The maximum absolute atomic E-state index is 12.5. The van der Waals surface area contributed by atoms with E-state index < -0.39 is 23.8 Å². The van der Waals surface area contributed by atoms with Crippen LogP contribution in [0.3, 0.4) is 0 Å². The predicted molar refractivity (Wildman–Crippen MR) is 72.3 cm³/mol. The molecule has 7 nitrogen and oxygen atoms in total. The Morgan fingerprint density at radius 3 is 2.65 bits per heavy atom. The molecule has 10 heteroatoms. The van der Waals surface area contributed by atoms with E-state index in [1.165, 1.54) is 0 Å². The smallest absolute Gasteiger partial charge is 0.339 e. The SMILES string of the molecule is CC(C)Cc1noc([C@H](C)NC(=O)c2cc(C(F)(F)F)[nH]n2)n1. The fourth-order valence-corrected chi connectivity index (χ4v) is 1.81. The first kappa shape index (κ1) is 17.0. The van der Waals surface area contributed by atoms with E-state index in [-0.39, 0.29) is 11.6 Å². The quantitative estimate of drug-likeness (QED) is 0.877. The number of hydrogen-bond donors (Lipinski definition) is 2. The van der Waals surface area contributed by atoms with Crippen molar-refractivity contribution in [2.75, 3.05) is 0 Å². The summed E-state index contributed by atoms with van der Waals surface area (Å²) in [4.78, 5) is 16.0. The first-order valence-electron chi connectivity index (χ1n) is 6.92. The number of carbonyl (C=O) groups excluding carboxylic acids is 1. The highest BCUT2D eigenvalue weighted by Crippen LogP contribution is 2.27. The molecule has 126 valence electrons. The largest absolute Gasteiger partial charge is 0.432 e. The van der Waals surface area contributed by atoms with E-state index >= 15 is 0 Å². The number of alkyl halides is 3. The molecule has 0 aliphatic rings. The third kappa shape index (κ3) is 4.30. The van der Waals surface area contributed by atoms with E-state index in [1.54, 1.807) is 12.0 Å². The Labute approximate surface area is 129 Å². The molecule has 0 aliphatic heterocycles. The fraction of sp³-hybridized carbons (Fsp3) is 0.538. The van der Waals surface area contributed by atoms with E-state index in [0.29, 0.717) is 24.2 Å². The standard InChI is InChI=1S/C13H16F3N5O2/c1-6(2)4-10-18-12(23-21-10)7(3)17-11(22)8-5-9(20-19-8)13(14,15)16/h5-7H,4H2,1-3H3,(H,17,22)(H,19,20)/t7-/m0/s1. The highest BCUT2D eigenvalue weighted by Gasteiger charge is 2.34. The van der Waals surface area contributed by atoms with Crippen LogP contribution < -0.4 is 5.32 Å². The van der Waals surface area contributed by atoms with Crippen LogP contribution in [0.25, 0.3) is 0 Å². The monoisotopic (exact) mass is 331 g/mol. The van der Waals surface area contributed by atoms with Gasteiger partial charge >= 0.3 is 6.18 Å². The molecule has 2 rings (SSSR count). The van der Waals surface area contributed by atoms with Crippen molar-refractivity contribution in [3.05, 3.63) is 29.2 Å². The Kier molecular flexibility index (Phi) is 4.71. The molecule has 0 saturated heterocycles. The van der Waals surface area contributed by atoms with Crippen LogP contribution in [0, 0.1) is 5.92 Å². The first-order valence-corrected chi connectivity index (χ1v) is 6.92. The number of carbonyl (C=O) groups is 1. The van der Waals surface area contributed by atoms with Gasteiger partial charge in [-0.1, -0.05) is 19.0 Å². The van der Waals surface area contributed by atoms with E-state index in [2.05, 4.69) is 20.6 Å². The number of hydrogen-bond acceptors (Lipinski definition) is 5. The average molecular weight is 331 g/mol. The summed E-state index contributed by atoms with van der Waals surface area (Å²) in [5, 5.41) is 11.4. The Balaban J connectivity index is 2.02. The lowest BCUT2D eigenvalue weighted by molar-refractivity contribution is -0.141. The Hall–Kier alpha value is -2.39. The molecule has 0 saturated carbocycles. The van der Waals surface area contributed by atoms with Gasteiger partial charge in [0.2, 0.25) is 5.89 Å². The molecule has 1 atom stereocenters. The molecule has 2 N–H and O–H groups in total. The van der Waals surface area contributed by atoms with Gasteiger partial charge in [-0.2, -0.15) is 23.3 Å². The summed E-state index contributed by atoms with van der Waals surface area (Å²) in [6.45, 7) is 5.58. The summed E-state index contributed by atoms with van der Waals surface area (Å²) in [5.41, 5.74) is -1.46. The summed E-state index contributed by atoms with van der Waals surface area (Å²) >= 11 is 0. The lowest BCUT2D eigenvalue weighted by Gasteiger charge is -2.07. The highest BCUT2D eigenvalue weighted by atomic mass is 19.4. The average Bonchev–Trinajstić information content (AvgIpc) is 3.05. The predicted octanol–water partition coefficient (Wildman–Crippen LogP) is 2.50. The van der Waals surface area contributed by atoms with Gasteiger partial charge in [0.25, 0.3) is 5.91 Å². The zero-order valence-electron chi connectivity index (χ0n) is 12.7. The van der Waals surface area contributed by atoms with Gasteiger partial charge in [-0.25, -0.2) is 0 Å². The van der Waals surface area contributed by atoms with Gasteiger partial charge in [0, 0.05) is 12.5 Å². The number of aromatic nitrogens is 4. The number of aromatic amines is 1. The summed E-state index contributed by atoms with van der Waals surface area (Å²) in [6, 6.07) is -0.0120. The molecule has 0 unspecified atom stereocenters. The molecule has 0 bridgehead atoms. The number of nitrogens with one attached hydrogen (secondary N) is 2. The Bertz CT molecular complexity index is 677. The molecule has 0 radical (unpaired) electrons. The van der Waals surface area contributed by atoms with E-state index in [4.69, 9.17) is 4.52 Å². The van der Waals surface area contributed by atoms with Crippen molar-refractivity contribution in [3.63, 3.8) is 0 Å². The lowest BCUT2D eigenvalue weighted by atomic mass is 10.1. The normalized spacial score (nSPS) is 13.3. The topological polar surface area (TPSA) is 96.7 Å². The molecule has 0 spiro atoms. The molecule has 2 heterocycles. The fourth-order valence-electron chi connectivity index (χ4n) is 1.81. The van der Waals surface area contributed by atoms with Crippen LogP contribution in [0.2, 0.25) is 0 Å². The van der Waals surface area contributed by atoms with Crippen molar-refractivity contribution < 1.29 is 22.5 Å². The molecule has 0 fully saturated rings. The Morgan fingerprint density at radius 2 is 2.09 bits per heavy atom. The zero-order valence-corrected chi connectivity index (χ0v) is 12.7. The van der Waals surface area contributed by atoms with Gasteiger partial charge in [0.15, 0.2) is 11.5 Å². The van der Waals surface area contributed by atoms with Gasteiger partial charge in [0.05, 0.1) is 0 Å². The van der Waals surface area contributed by atoms with E-state index in [9.17, 15) is 18.0 Å². The van der Waals surface area contributed by atoms with E-state index in [0.717, 1.165) is 0 Å². The third-order valence-corrected chi connectivity index (χ3v) is 2.91. The number of halogens is 3. The summed E-state index contributed by atoms with van der Waals surface area (Å²) in [5.74, 6) is 0.263. The summed E-state index contributed by atoms with van der Waals surface area (Å²) < 4.78 is 42.4. The van der Waals surface area contributed by atoms with Crippen molar-refractivity contribution in [1.29, 1.82) is 0 Å². The summed E-state index contributed by atoms with van der Waals surface area (Å²) in [6.07, 6.45) is -3.96. The van der Waals surface area contributed by atoms with Crippen molar-refractivity contribution in [2.45, 2.75) is 39.4 Å². The van der Waals surface area contributed by atoms with Crippen LogP contribution in [0.15, 0.2) is 10.6 Å². The van der Waals surface area contributed by atoms with Crippen LogP contribution >= 0.6 is 0 Å². The first-order chi connectivity index (χ1) is 10.7. The third-order valence-electron chi connectivity index (χ3n) is 2.91. The Morgan fingerprint density at radius 1 is 1.39 bits per heavy atom. The minimum absolute atomic E-state index is 0.181. The maximum atomic E-state index is 12.5. The number of H-pyrrole nitrogens is 1. The van der Waals surface area contributed by atoms with Gasteiger partial charge in [-0.3, -0.25) is 9.89 Å². The van der Waals surface area contributed by atoms with Crippen molar-refractivity contribution in [2.24, 2.45) is 5.92 Å². The van der Waals surface area contributed by atoms with Crippen molar-refractivity contribution >= 4 is 5.91 Å². The van der Waals surface area contributed by atoms with Crippen LogP contribution in [0.1, 0.15) is 54.7 Å². The minimum atomic E-state index is -4.59. The molecule has 1 amide bonds. The maximum Gasteiger partial charge on any atom is 0.432 e. The molecule has 2 aromatic rings. The number of amides is 1. The number of nitrogens with zero attached hydrogens (tertiary/aromatic N) is 3.